The fourth-order valence-corrected chi connectivity index (χ4v) is 8.51. The largest absolute Gasteiger partial charge is 0.459 e. The maximum Gasteiger partial charge on any atom is 0.312 e. The van der Waals surface area contributed by atoms with Crippen LogP contribution in [-0.2, 0) is 9.53 Å². The molecule has 6 aliphatic carbocycles. The van der Waals surface area contributed by atoms with Gasteiger partial charge in [0.05, 0.1) is 5.41 Å². The molecule has 0 radical (unpaired) electrons. The summed E-state index contributed by atoms with van der Waals surface area (Å²) in [4.78, 5) is 12.9. The molecule has 0 saturated heterocycles. The maximum absolute atomic E-state index is 12.9. The third kappa shape index (κ3) is 1.90. The van der Waals surface area contributed by atoms with Crippen LogP contribution in [0.25, 0.3) is 0 Å². The molecule has 2 heteroatoms. The lowest BCUT2D eigenvalue weighted by Crippen LogP contribution is -2.57. The number of esters is 1. The van der Waals surface area contributed by atoms with E-state index in [1.54, 1.807) is 0 Å². The Hall–Kier alpha value is -0.530. The summed E-state index contributed by atoms with van der Waals surface area (Å²) in [6.45, 7) is 10.6. The topological polar surface area (TPSA) is 26.3 Å². The minimum Gasteiger partial charge on any atom is -0.459 e. The van der Waals surface area contributed by atoms with Gasteiger partial charge in [-0.05, 0) is 114 Å². The number of hydrogen-bond acceptors (Lipinski definition) is 2. The molecule has 4 atom stereocenters. The Morgan fingerprint density at radius 3 is 2.16 bits per heavy atom. The molecule has 6 fully saturated rings. The summed E-state index contributed by atoms with van der Waals surface area (Å²) >= 11 is 0. The standard InChI is InChI=1S/C23H36O2/c1-6-20(2,3)19(24)25-21(4,5)22-11-17-15-7-14-8-16(9-15)18(12-22)23(17,10-14)13-22/h14-18H,6-13H2,1-5H3. The molecule has 6 saturated carbocycles. The number of ether oxygens (including phenoxy) is 1. The molecule has 1 spiro atoms. The first kappa shape index (κ1) is 16.6. The summed E-state index contributed by atoms with van der Waals surface area (Å²) < 4.78 is 6.32. The van der Waals surface area contributed by atoms with Gasteiger partial charge in [0.2, 0.25) is 0 Å². The van der Waals surface area contributed by atoms with Crippen molar-refractivity contribution in [1.29, 1.82) is 0 Å². The van der Waals surface area contributed by atoms with Gasteiger partial charge >= 0.3 is 5.97 Å². The van der Waals surface area contributed by atoms with Gasteiger partial charge in [0.15, 0.2) is 0 Å². The summed E-state index contributed by atoms with van der Waals surface area (Å²) in [7, 11) is 0. The van der Waals surface area contributed by atoms with Crippen LogP contribution < -0.4 is 0 Å². The first-order valence-corrected chi connectivity index (χ1v) is 10.9. The second-order valence-electron chi connectivity index (χ2n) is 11.7. The van der Waals surface area contributed by atoms with Crippen LogP contribution in [0.2, 0.25) is 0 Å². The van der Waals surface area contributed by atoms with E-state index in [1.165, 1.54) is 44.9 Å². The summed E-state index contributed by atoms with van der Waals surface area (Å²) in [5, 5.41) is 0. The number of carbonyl (C=O) groups is 1. The summed E-state index contributed by atoms with van der Waals surface area (Å²) in [5.41, 5.74) is 0.203. The smallest absolute Gasteiger partial charge is 0.312 e. The normalized spacial score (nSPS) is 49.7. The monoisotopic (exact) mass is 344 g/mol. The molecule has 0 aromatic heterocycles. The van der Waals surface area contributed by atoms with Crippen molar-refractivity contribution in [3.8, 4) is 0 Å². The van der Waals surface area contributed by atoms with E-state index in [1.807, 2.05) is 13.8 Å². The quantitative estimate of drug-likeness (QED) is 0.621. The third-order valence-electron chi connectivity index (χ3n) is 10.1. The fraction of sp³-hybridized carbons (Fsp3) is 0.957. The maximum atomic E-state index is 12.9. The summed E-state index contributed by atoms with van der Waals surface area (Å²) in [6.07, 6.45) is 10.9. The zero-order valence-corrected chi connectivity index (χ0v) is 16.9. The van der Waals surface area contributed by atoms with Crippen molar-refractivity contribution >= 4 is 5.97 Å². The predicted molar refractivity (Wildman–Crippen MR) is 98.9 cm³/mol. The molecule has 5 bridgehead atoms. The lowest BCUT2D eigenvalue weighted by Gasteiger charge is -2.64. The SMILES string of the molecule is CCC(C)(C)C(=O)OC(C)(C)C12CC3C4CC5CC(C4)C(C1)C3(C5)C2. The highest BCUT2D eigenvalue weighted by Gasteiger charge is 2.76. The van der Waals surface area contributed by atoms with E-state index in [0.29, 0.717) is 5.41 Å². The van der Waals surface area contributed by atoms with Gasteiger partial charge in [-0.3, -0.25) is 4.79 Å². The Morgan fingerprint density at radius 1 is 1.00 bits per heavy atom. The van der Waals surface area contributed by atoms with Crippen LogP contribution in [0, 0.1) is 45.8 Å². The molecule has 0 heterocycles. The van der Waals surface area contributed by atoms with Gasteiger partial charge in [-0.25, -0.2) is 0 Å². The van der Waals surface area contributed by atoms with Crippen LogP contribution in [0.4, 0.5) is 0 Å². The molecule has 140 valence electrons. The minimum absolute atomic E-state index is 0.0136. The van der Waals surface area contributed by atoms with Crippen molar-refractivity contribution in [3.05, 3.63) is 0 Å². The lowest BCUT2D eigenvalue weighted by atomic mass is 9.41. The molecule has 4 unspecified atom stereocenters. The van der Waals surface area contributed by atoms with Crippen molar-refractivity contribution < 1.29 is 9.53 Å². The number of carbonyl (C=O) groups excluding carboxylic acids is 1. The first-order chi connectivity index (χ1) is 11.6. The van der Waals surface area contributed by atoms with E-state index in [2.05, 4.69) is 20.8 Å². The highest BCUT2D eigenvalue weighted by Crippen LogP contribution is 2.82. The second-order valence-corrected chi connectivity index (χ2v) is 11.7. The van der Waals surface area contributed by atoms with E-state index in [9.17, 15) is 4.79 Å². The molecule has 0 amide bonds. The fourth-order valence-electron chi connectivity index (χ4n) is 8.51. The van der Waals surface area contributed by atoms with E-state index in [4.69, 9.17) is 4.74 Å². The van der Waals surface area contributed by atoms with E-state index < -0.39 is 0 Å². The van der Waals surface area contributed by atoms with Gasteiger partial charge < -0.3 is 4.74 Å². The summed E-state index contributed by atoms with van der Waals surface area (Å²) in [5.74, 6) is 4.91. The number of rotatable bonds is 4. The van der Waals surface area contributed by atoms with Crippen molar-refractivity contribution in [2.45, 2.75) is 91.6 Å². The Kier molecular flexibility index (Phi) is 3.09. The average molecular weight is 345 g/mol. The molecular formula is C23H36O2. The Labute approximate surface area is 153 Å². The van der Waals surface area contributed by atoms with Gasteiger partial charge in [-0.15, -0.1) is 0 Å². The predicted octanol–water partition coefficient (Wildman–Crippen LogP) is 5.60. The van der Waals surface area contributed by atoms with E-state index in [0.717, 1.165) is 36.0 Å². The molecule has 2 nitrogen and oxygen atoms in total. The van der Waals surface area contributed by atoms with Crippen LogP contribution >= 0.6 is 0 Å². The average Bonchev–Trinajstić information content (AvgIpc) is 3.05. The highest BCUT2D eigenvalue weighted by molar-refractivity contribution is 5.76. The van der Waals surface area contributed by atoms with Gasteiger partial charge in [-0.1, -0.05) is 6.92 Å². The molecule has 0 N–H and O–H groups in total. The second kappa shape index (κ2) is 4.65. The van der Waals surface area contributed by atoms with Crippen LogP contribution in [0.3, 0.4) is 0 Å². The molecule has 0 aromatic carbocycles. The zero-order valence-electron chi connectivity index (χ0n) is 16.9. The third-order valence-corrected chi connectivity index (χ3v) is 10.1. The van der Waals surface area contributed by atoms with Crippen molar-refractivity contribution in [3.63, 3.8) is 0 Å². The van der Waals surface area contributed by atoms with Crippen LogP contribution in [0.15, 0.2) is 0 Å². The van der Waals surface area contributed by atoms with Crippen molar-refractivity contribution in [2.75, 3.05) is 0 Å². The van der Waals surface area contributed by atoms with Crippen LogP contribution in [0.1, 0.15) is 86.0 Å². The Balaban J connectivity index is 1.46. The van der Waals surface area contributed by atoms with Crippen molar-refractivity contribution in [1.82, 2.24) is 0 Å². The lowest BCUT2D eigenvalue weighted by molar-refractivity contribution is -0.188. The van der Waals surface area contributed by atoms with Crippen LogP contribution in [-0.4, -0.2) is 11.6 Å². The van der Waals surface area contributed by atoms with Gasteiger partial charge in [0, 0.05) is 5.41 Å². The first-order valence-electron chi connectivity index (χ1n) is 10.9. The number of hydrogen-bond donors (Lipinski definition) is 0. The van der Waals surface area contributed by atoms with Crippen molar-refractivity contribution in [2.24, 2.45) is 45.8 Å². The van der Waals surface area contributed by atoms with Gasteiger partial charge in [0.1, 0.15) is 5.60 Å². The molecular weight excluding hydrogens is 308 g/mol. The molecule has 25 heavy (non-hydrogen) atoms. The van der Waals surface area contributed by atoms with E-state index in [-0.39, 0.29) is 22.4 Å². The summed E-state index contributed by atoms with van der Waals surface area (Å²) in [6, 6.07) is 0. The molecule has 0 aliphatic heterocycles. The molecule has 0 aromatic rings. The molecule has 6 aliphatic rings. The number of fused-ring (bicyclic) bond motifs is 1. The molecule has 6 rings (SSSR count). The van der Waals surface area contributed by atoms with Gasteiger partial charge in [0.25, 0.3) is 0 Å². The van der Waals surface area contributed by atoms with E-state index >= 15 is 0 Å². The zero-order chi connectivity index (χ0) is 17.8. The van der Waals surface area contributed by atoms with Crippen LogP contribution in [0.5, 0.6) is 0 Å². The Morgan fingerprint density at radius 2 is 1.60 bits per heavy atom. The minimum atomic E-state index is -0.365. The Bertz CT molecular complexity index is 594. The van der Waals surface area contributed by atoms with Gasteiger partial charge in [-0.2, -0.15) is 0 Å². The highest BCUT2D eigenvalue weighted by atomic mass is 16.6.